The molecule has 1 N–H and O–H groups in total. The molecule has 0 unspecified atom stereocenters. The minimum Gasteiger partial charge on any atom is -0.497 e. The third kappa shape index (κ3) is 4.56. The topological polar surface area (TPSA) is 111 Å². The first kappa shape index (κ1) is 25.2. The number of H-pyrrole nitrogens is 1. The highest BCUT2D eigenvalue weighted by Crippen LogP contribution is 2.37. The normalized spacial score (nSPS) is 16.6. The molecule has 39 heavy (non-hydrogen) atoms. The zero-order valence-corrected chi connectivity index (χ0v) is 22.7. The van der Waals surface area contributed by atoms with Gasteiger partial charge in [-0.05, 0) is 67.1 Å². The molecule has 4 heterocycles. The molecule has 204 valence electrons. The number of piperazine rings is 1. The summed E-state index contributed by atoms with van der Waals surface area (Å²) in [7, 11) is 1.67. The van der Waals surface area contributed by atoms with Crippen LogP contribution >= 0.6 is 0 Å². The molecule has 0 spiro atoms. The highest BCUT2D eigenvalue weighted by Gasteiger charge is 2.36. The number of aromatic nitrogens is 5. The first-order chi connectivity index (χ1) is 18.9. The van der Waals surface area contributed by atoms with E-state index in [1.807, 2.05) is 35.0 Å². The van der Waals surface area contributed by atoms with Crippen LogP contribution in [0.4, 0.5) is 5.69 Å². The number of methoxy groups -OCH3 is 1. The smallest absolute Gasteiger partial charge is 0.253 e. The summed E-state index contributed by atoms with van der Waals surface area (Å²) in [5.41, 5.74) is 1.94. The molecule has 1 saturated heterocycles. The number of tetrazole rings is 1. The van der Waals surface area contributed by atoms with Crippen molar-refractivity contribution in [2.75, 3.05) is 45.0 Å². The van der Waals surface area contributed by atoms with Gasteiger partial charge in [-0.1, -0.05) is 6.92 Å². The lowest BCUT2D eigenvalue weighted by molar-refractivity contribution is 0.174. The standard InChI is InChI=1S/C28H33N7O4/c1-5-28(2,3)35-26(30-31-32-35)25(34-12-10-33(11-13-34)19-6-8-20(37-4)9-7-19)21-14-18-15-23-24(39-17-38-23)16-22(18)29-27(21)36/h6-9,14-16,25H,5,10-13,17H2,1-4H3,(H,29,36)/t25-/m1/s1. The highest BCUT2D eigenvalue weighted by molar-refractivity contribution is 5.83. The van der Waals surface area contributed by atoms with Gasteiger partial charge in [0.05, 0.1) is 18.2 Å². The van der Waals surface area contributed by atoms with Crippen LogP contribution in [0, 0.1) is 0 Å². The Hall–Kier alpha value is -4.12. The highest BCUT2D eigenvalue weighted by atomic mass is 16.7. The van der Waals surface area contributed by atoms with E-state index in [1.165, 1.54) is 0 Å². The summed E-state index contributed by atoms with van der Waals surface area (Å²) < 4.78 is 18.3. The van der Waals surface area contributed by atoms with Gasteiger partial charge < -0.3 is 24.1 Å². The number of hydrogen-bond acceptors (Lipinski definition) is 9. The van der Waals surface area contributed by atoms with Crippen molar-refractivity contribution in [1.82, 2.24) is 30.1 Å². The van der Waals surface area contributed by atoms with Gasteiger partial charge in [-0.3, -0.25) is 9.69 Å². The lowest BCUT2D eigenvalue weighted by atomic mass is 9.98. The zero-order chi connectivity index (χ0) is 27.1. The third-order valence-electron chi connectivity index (χ3n) is 7.95. The van der Waals surface area contributed by atoms with E-state index in [2.05, 4.69) is 63.2 Å². The van der Waals surface area contributed by atoms with Crippen molar-refractivity contribution in [1.29, 1.82) is 0 Å². The predicted molar refractivity (Wildman–Crippen MR) is 147 cm³/mol. The molecule has 11 heteroatoms. The Labute approximate surface area is 226 Å². The lowest BCUT2D eigenvalue weighted by Crippen LogP contribution is -2.49. The summed E-state index contributed by atoms with van der Waals surface area (Å²) in [5.74, 6) is 2.79. The van der Waals surface area contributed by atoms with Gasteiger partial charge in [-0.15, -0.1) is 5.10 Å². The third-order valence-corrected chi connectivity index (χ3v) is 7.95. The van der Waals surface area contributed by atoms with Crippen LogP contribution in [0.2, 0.25) is 0 Å². The summed E-state index contributed by atoms with van der Waals surface area (Å²) in [5, 5.41) is 13.8. The molecule has 0 saturated carbocycles. The molecule has 4 aromatic rings. The molecule has 2 aliphatic rings. The van der Waals surface area contributed by atoms with Gasteiger partial charge in [0.1, 0.15) is 11.8 Å². The van der Waals surface area contributed by atoms with E-state index < -0.39 is 6.04 Å². The molecule has 1 fully saturated rings. The molecule has 2 aliphatic heterocycles. The molecule has 0 aliphatic carbocycles. The zero-order valence-electron chi connectivity index (χ0n) is 22.7. The monoisotopic (exact) mass is 531 g/mol. The van der Waals surface area contributed by atoms with Gasteiger partial charge in [0.15, 0.2) is 17.3 Å². The maximum atomic E-state index is 13.6. The molecular weight excluding hydrogens is 498 g/mol. The number of fused-ring (bicyclic) bond motifs is 2. The van der Waals surface area contributed by atoms with E-state index in [1.54, 1.807) is 7.11 Å². The molecule has 0 radical (unpaired) electrons. The summed E-state index contributed by atoms with van der Waals surface area (Å²) in [6, 6.07) is 13.3. The molecular formula is C28H33N7O4. The van der Waals surface area contributed by atoms with Crippen LogP contribution < -0.4 is 24.7 Å². The van der Waals surface area contributed by atoms with Crippen molar-refractivity contribution in [3.8, 4) is 17.2 Å². The van der Waals surface area contributed by atoms with Crippen molar-refractivity contribution in [2.24, 2.45) is 0 Å². The van der Waals surface area contributed by atoms with Crippen LogP contribution in [0.5, 0.6) is 17.2 Å². The number of nitrogens with zero attached hydrogens (tertiary/aromatic N) is 6. The van der Waals surface area contributed by atoms with Gasteiger partial charge in [0.25, 0.3) is 5.56 Å². The second-order valence-electron chi connectivity index (χ2n) is 10.6. The van der Waals surface area contributed by atoms with Gasteiger partial charge in [0.2, 0.25) is 6.79 Å². The molecule has 0 amide bonds. The average molecular weight is 532 g/mol. The summed E-state index contributed by atoms with van der Waals surface area (Å²) >= 11 is 0. The fraction of sp³-hybridized carbons (Fsp3) is 0.429. The summed E-state index contributed by atoms with van der Waals surface area (Å²) in [6.07, 6.45) is 0.834. The minimum atomic E-state index is -0.428. The van der Waals surface area contributed by atoms with Gasteiger partial charge in [-0.2, -0.15) is 0 Å². The quantitative estimate of drug-likeness (QED) is 0.384. The Morgan fingerprint density at radius 3 is 2.46 bits per heavy atom. The number of benzene rings is 2. The number of nitrogens with one attached hydrogen (secondary N) is 1. The van der Waals surface area contributed by atoms with E-state index in [0.29, 0.717) is 28.4 Å². The van der Waals surface area contributed by atoms with Crippen molar-refractivity contribution in [3.05, 3.63) is 64.2 Å². The van der Waals surface area contributed by atoms with E-state index >= 15 is 0 Å². The van der Waals surface area contributed by atoms with Crippen LogP contribution in [0.3, 0.4) is 0 Å². The molecule has 1 atom stereocenters. The average Bonchev–Trinajstić information content (AvgIpc) is 3.63. The second-order valence-corrected chi connectivity index (χ2v) is 10.6. The van der Waals surface area contributed by atoms with E-state index in [-0.39, 0.29) is 17.9 Å². The number of ether oxygens (including phenoxy) is 3. The van der Waals surface area contributed by atoms with Crippen LogP contribution in [-0.4, -0.2) is 70.2 Å². The Morgan fingerprint density at radius 1 is 1.05 bits per heavy atom. The SMILES string of the molecule is CCC(C)(C)n1nnnc1[C@@H](c1cc2cc3c(cc2[nH]c1=O)OCO3)N1CCN(c2ccc(OC)cc2)CC1. The lowest BCUT2D eigenvalue weighted by Gasteiger charge is -2.40. The first-order valence-electron chi connectivity index (χ1n) is 13.3. The maximum Gasteiger partial charge on any atom is 0.253 e. The summed E-state index contributed by atoms with van der Waals surface area (Å²) in [4.78, 5) is 21.4. The number of aromatic amines is 1. The molecule has 2 aromatic heterocycles. The minimum absolute atomic E-state index is 0.171. The van der Waals surface area contributed by atoms with Crippen LogP contribution in [-0.2, 0) is 5.54 Å². The molecule has 6 rings (SSSR count). The Morgan fingerprint density at radius 2 is 1.77 bits per heavy atom. The van der Waals surface area contributed by atoms with E-state index in [4.69, 9.17) is 14.2 Å². The van der Waals surface area contributed by atoms with Crippen LogP contribution in [0.1, 0.15) is 44.6 Å². The number of hydrogen-bond donors (Lipinski definition) is 1. The van der Waals surface area contributed by atoms with Crippen molar-refractivity contribution < 1.29 is 14.2 Å². The number of anilines is 1. The molecule has 2 aromatic carbocycles. The fourth-order valence-corrected chi connectivity index (χ4v) is 5.29. The predicted octanol–water partition coefficient (Wildman–Crippen LogP) is 3.31. The van der Waals surface area contributed by atoms with Crippen molar-refractivity contribution in [3.63, 3.8) is 0 Å². The second kappa shape index (κ2) is 9.88. The van der Waals surface area contributed by atoms with E-state index in [9.17, 15) is 4.79 Å². The number of pyridine rings is 1. The largest absolute Gasteiger partial charge is 0.497 e. The Balaban J connectivity index is 1.39. The molecule has 11 nitrogen and oxygen atoms in total. The first-order valence-corrected chi connectivity index (χ1v) is 13.3. The Kier molecular flexibility index (Phi) is 6.38. The van der Waals surface area contributed by atoms with E-state index in [0.717, 1.165) is 49.4 Å². The van der Waals surface area contributed by atoms with Gasteiger partial charge >= 0.3 is 0 Å². The summed E-state index contributed by atoms with van der Waals surface area (Å²) in [6.45, 7) is 9.55. The van der Waals surface area contributed by atoms with Crippen LogP contribution in [0.25, 0.3) is 10.9 Å². The van der Waals surface area contributed by atoms with Crippen molar-refractivity contribution in [2.45, 2.75) is 38.8 Å². The maximum absolute atomic E-state index is 13.6. The van der Waals surface area contributed by atoms with Crippen molar-refractivity contribution >= 4 is 16.6 Å². The number of rotatable bonds is 7. The molecule has 0 bridgehead atoms. The van der Waals surface area contributed by atoms with Gasteiger partial charge in [-0.25, -0.2) is 4.68 Å². The van der Waals surface area contributed by atoms with Gasteiger partial charge in [0, 0.05) is 48.9 Å². The Bertz CT molecular complexity index is 1540. The van der Waals surface area contributed by atoms with Crippen LogP contribution in [0.15, 0.2) is 47.3 Å². The fourth-order valence-electron chi connectivity index (χ4n) is 5.29.